The second kappa shape index (κ2) is 12.4. The van der Waals surface area contributed by atoms with Gasteiger partial charge in [-0.1, -0.05) is 55.0 Å². The van der Waals surface area contributed by atoms with Crippen LogP contribution in [0.2, 0.25) is 0 Å². The third kappa shape index (κ3) is 7.09. The summed E-state index contributed by atoms with van der Waals surface area (Å²) in [4.78, 5) is 13.0. The molecule has 35 heavy (non-hydrogen) atoms. The van der Waals surface area contributed by atoms with E-state index in [9.17, 15) is 13.2 Å². The number of para-hydroxylation sites is 1. The SMILES string of the molecule is CCOc1ccc(CCCNC(=O)CN(c2ccccc2CC)S(=O)(=O)c2ccc(C)cc2)cc1. The molecular formula is C28H34N2O4S. The van der Waals surface area contributed by atoms with Gasteiger partial charge in [-0.15, -0.1) is 0 Å². The topological polar surface area (TPSA) is 75.7 Å². The summed E-state index contributed by atoms with van der Waals surface area (Å²) in [5.41, 5.74) is 3.52. The fourth-order valence-electron chi connectivity index (χ4n) is 3.82. The minimum Gasteiger partial charge on any atom is -0.494 e. The highest BCUT2D eigenvalue weighted by Crippen LogP contribution is 2.27. The molecule has 0 aliphatic rings. The van der Waals surface area contributed by atoms with E-state index < -0.39 is 10.0 Å². The van der Waals surface area contributed by atoms with Gasteiger partial charge in [-0.2, -0.15) is 0 Å². The van der Waals surface area contributed by atoms with Crippen LogP contribution in [0.1, 0.15) is 37.0 Å². The van der Waals surface area contributed by atoms with Gasteiger partial charge in [0.15, 0.2) is 0 Å². The predicted molar refractivity (Wildman–Crippen MR) is 140 cm³/mol. The maximum atomic E-state index is 13.6. The first kappa shape index (κ1) is 26.3. The molecule has 3 aromatic carbocycles. The lowest BCUT2D eigenvalue weighted by atomic mass is 10.1. The number of anilines is 1. The van der Waals surface area contributed by atoms with Crippen LogP contribution in [0.25, 0.3) is 0 Å². The number of ether oxygens (including phenoxy) is 1. The molecule has 3 aromatic rings. The van der Waals surface area contributed by atoms with Crippen molar-refractivity contribution in [1.29, 1.82) is 0 Å². The molecule has 3 rings (SSSR count). The first-order valence-corrected chi connectivity index (χ1v) is 13.4. The Kier molecular flexibility index (Phi) is 9.32. The number of nitrogens with zero attached hydrogens (tertiary/aromatic N) is 1. The van der Waals surface area contributed by atoms with Crippen LogP contribution < -0.4 is 14.4 Å². The predicted octanol–water partition coefficient (Wildman–Crippen LogP) is 4.90. The Hall–Kier alpha value is -3.32. The summed E-state index contributed by atoms with van der Waals surface area (Å²) >= 11 is 0. The molecule has 0 aromatic heterocycles. The number of nitrogens with one attached hydrogen (secondary N) is 1. The van der Waals surface area contributed by atoms with Crippen molar-refractivity contribution in [3.8, 4) is 5.75 Å². The zero-order chi connectivity index (χ0) is 25.3. The van der Waals surface area contributed by atoms with Gasteiger partial charge < -0.3 is 10.1 Å². The van der Waals surface area contributed by atoms with Crippen LogP contribution in [0.15, 0.2) is 77.7 Å². The van der Waals surface area contributed by atoms with Gasteiger partial charge in [0.1, 0.15) is 12.3 Å². The van der Waals surface area contributed by atoms with Crippen molar-refractivity contribution in [3.63, 3.8) is 0 Å². The zero-order valence-electron chi connectivity index (χ0n) is 20.7. The van der Waals surface area contributed by atoms with Crippen molar-refractivity contribution in [2.24, 2.45) is 0 Å². The molecule has 7 heteroatoms. The smallest absolute Gasteiger partial charge is 0.264 e. The quantitative estimate of drug-likeness (QED) is 0.364. The van der Waals surface area contributed by atoms with Crippen molar-refractivity contribution in [1.82, 2.24) is 5.32 Å². The summed E-state index contributed by atoms with van der Waals surface area (Å²) in [5, 5.41) is 2.89. The first-order valence-electron chi connectivity index (χ1n) is 12.0. The van der Waals surface area contributed by atoms with Gasteiger partial charge >= 0.3 is 0 Å². The van der Waals surface area contributed by atoms with Gasteiger partial charge in [0.2, 0.25) is 5.91 Å². The summed E-state index contributed by atoms with van der Waals surface area (Å²) in [5.74, 6) is 0.505. The Labute approximate surface area is 209 Å². The molecule has 0 aliphatic heterocycles. The molecule has 1 amide bonds. The lowest BCUT2D eigenvalue weighted by Crippen LogP contribution is -2.41. The minimum absolute atomic E-state index is 0.164. The molecule has 1 N–H and O–H groups in total. The number of aryl methyl sites for hydroxylation is 3. The largest absolute Gasteiger partial charge is 0.494 e. The summed E-state index contributed by atoms with van der Waals surface area (Å²) in [6.45, 7) is 6.63. The standard InChI is InChI=1S/C28H34N2O4S/c1-4-24-10-6-7-11-27(24)30(35(32,33)26-18-12-22(3)13-19-26)21-28(31)29-20-8-9-23-14-16-25(17-15-23)34-5-2/h6-7,10-19H,4-5,8-9,20-21H2,1-3H3,(H,29,31). The van der Waals surface area contributed by atoms with Crippen LogP contribution in [0.3, 0.4) is 0 Å². The lowest BCUT2D eigenvalue weighted by Gasteiger charge is -2.26. The van der Waals surface area contributed by atoms with Crippen molar-refractivity contribution in [2.45, 2.75) is 44.9 Å². The normalized spacial score (nSPS) is 11.2. The molecule has 186 valence electrons. The van der Waals surface area contributed by atoms with Crippen LogP contribution in [-0.4, -0.2) is 34.0 Å². The highest BCUT2D eigenvalue weighted by Gasteiger charge is 2.28. The second-order valence-electron chi connectivity index (χ2n) is 8.34. The van der Waals surface area contributed by atoms with Gasteiger partial charge in [-0.05, 0) is 74.6 Å². The summed E-state index contributed by atoms with van der Waals surface area (Å²) in [7, 11) is -3.92. The maximum Gasteiger partial charge on any atom is 0.264 e. The van der Waals surface area contributed by atoms with Gasteiger partial charge in [-0.25, -0.2) is 8.42 Å². The summed E-state index contributed by atoms with van der Waals surface area (Å²) in [6.07, 6.45) is 2.20. The molecule has 0 bridgehead atoms. The van der Waals surface area contributed by atoms with Crippen LogP contribution >= 0.6 is 0 Å². The zero-order valence-corrected chi connectivity index (χ0v) is 21.5. The molecule has 0 aliphatic carbocycles. The van der Waals surface area contributed by atoms with Crippen LogP contribution in [0.4, 0.5) is 5.69 Å². The van der Waals surface area contributed by atoms with E-state index in [2.05, 4.69) is 5.32 Å². The Morgan fingerprint density at radius 2 is 1.63 bits per heavy atom. The van der Waals surface area contributed by atoms with E-state index in [4.69, 9.17) is 4.74 Å². The van der Waals surface area contributed by atoms with Crippen molar-refractivity contribution >= 4 is 21.6 Å². The van der Waals surface area contributed by atoms with Crippen molar-refractivity contribution in [3.05, 3.63) is 89.5 Å². The fraction of sp³-hybridized carbons (Fsp3) is 0.321. The Morgan fingerprint density at radius 1 is 0.943 bits per heavy atom. The molecule has 0 atom stereocenters. The van der Waals surface area contributed by atoms with E-state index in [0.717, 1.165) is 35.3 Å². The molecule has 0 saturated heterocycles. The second-order valence-corrected chi connectivity index (χ2v) is 10.2. The van der Waals surface area contributed by atoms with Gasteiger partial charge in [0, 0.05) is 6.54 Å². The van der Waals surface area contributed by atoms with E-state index in [1.807, 2.05) is 57.2 Å². The number of hydrogen-bond acceptors (Lipinski definition) is 4. The Morgan fingerprint density at radius 3 is 2.29 bits per heavy atom. The molecule has 0 heterocycles. The van der Waals surface area contributed by atoms with Gasteiger partial charge in [0.05, 0.1) is 17.2 Å². The highest BCUT2D eigenvalue weighted by molar-refractivity contribution is 7.92. The summed E-state index contributed by atoms with van der Waals surface area (Å²) in [6, 6.07) is 21.9. The van der Waals surface area contributed by atoms with Crippen LogP contribution in [0.5, 0.6) is 5.75 Å². The van der Waals surface area contributed by atoms with E-state index in [1.165, 1.54) is 4.31 Å². The average Bonchev–Trinajstić information content (AvgIpc) is 2.86. The number of carbonyl (C=O) groups excluding carboxylic acids is 1. The van der Waals surface area contributed by atoms with Crippen molar-refractivity contribution in [2.75, 3.05) is 24.0 Å². The molecule has 0 unspecified atom stereocenters. The first-order chi connectivity index (χ1) is 16.8. The molecular weight excluding hydrogens is 460 g/mol. The molecule has 0 radical (unpaired) electrons. The molecule has 0 spiro atoms. The fourth-order valence-corrected chi connectivity index (χ4v) is 5.27. The molecule has 6 nitrogen and oxygen atoms in total. The van der Waals surface area contributed by atoms with Crippen molar-refractivity contribution < 1.29 is 17.9 Å². The van der Waals surface area contributed by atoms with Crippen LogP contribution in [0, 0.1) is 6.92 Å². The van der Waals surface area contributed by atoms with Crippen LogP contribution in [-0.2, 0) is 27.7 Å². The number of amides is 1. The van der Waals surface area contributed by atoms with E-state index in [-0.39, 0.29) is 17.3 Å². The Bertz CT molecular complexity index is 1210. The Balaban J connectivity index is 1.69. The number of hydrogen-bond donors (Lipinski definition) is 1. The average molecular weight is 495 g/mol. The molecule has 0 saturated carbocycles. The lowest BCUT2D eigenvalue weighted by molar-refractivity contribution is -0.119. The maximum absolute atomic E-state index is 13.6. The van der Waals surface area contributed by atoms with E-state index in [1.54, 1.807) is 36.4 Å². The third-order valence-electron chi connectivity index (χ3n) is 5.74. The number of sulfonamides is 1. The number of benzene rings is 3. The third-order valence-corrected chi connectivity index (χ3v) is 7.51. The van der Waals surface area contributed by atoms with Gasteiger partial charge in [-0.3, -0.25) is 9.10 Å². The number of carbonyl (C=O) groups is 1. The summed E-state index contributed by atoms with van der Waals surface area (Å²) < 4.78 is 33.8. The highest BCUT2D eigenvalue weighted by atomic mass is 32.2. The monoisotopic (exact) mass is 494 g/mol. The molecule has 0 fully saturated rings. The van der Waals surface area contributed by atoms with E-state index >= 15 is 0 Å². The van der Waals surface area contributed by atoms with Gasteiger partial charge in [0.25, 0.3) is 10.0 Å². The van der Waals surface area contributed by atoms with E-state index in [0.29, 0.717) is 25.3 Å². The minimum atomic E-state index is -3.92. The number of rotatable bonds is 12.